The van der Waals surface area contributed by atoms with E-state index in [-0.39, 0.29) is 12.5 Å². The number of nitrogens with one attached hydrogen (secondary N) is 1. The van der Waals surface area contributed by atoms with Gasteiger partial charge in [0.25, 0.3) is 5.91 Å². The smallest absolute Gasteiger partial charge is 0.262 e. The van der Waals surface area contributed by atoms with E-state index >= 15 is 0 Å². The Morgan fingerprint density at radius 3 is 3.17 bits per heavy atom. The van der Waals surface area contributed by atoms with E-state index in [2.05, 4.69) is 5.32 Å². The average molecular weight is 161 g/mol. The van der Waals surface area contributed by atoms with Crippen LogP contribution in [-0.4, -0.2) is 20.4 Å². The van der Waals surface area contributed by atoms with Gasteiger partial charge in [0.05, 0.1) is 5.69 Å². The van der Waals surface area contributed by atoms with Crippen molar-refractivity contribution in [2.45, 2.75) is 0 Å². The number of anilines is 1. The second kappa shape index (κ2) is 2.55. The standard InChI is InChI=1S/C8H8BNO2/c9-5-1-2-7-6(3-5)10-8(11)4-12-7/h1-3H,4,9H2,(H,10,11). The number of benzene rings is 1. The highest BCUT2D eigenvalue weighted by molar-refractivity contribution is 6.32. The van der Waals surface area contributed by atoms with Crippen LogP contribution in [0.15, 0.2) is 18.2 Å². The first-order valence-corrected chi connectivity index (χ1v) is 3.79. The number of ether oxygens (including phenoxy) is 1. The average Bonchev–Trinajstić information content (AvgIpc) is 2.03. The van der Waals surface area contributed by atoms with Gasteiger partial charge in [0.15, 0.2) is 6.61 Å². The van der Waals surface area contributed by atoms with Crippen molar-refractivity contribution in [3.05, 3.63) is 18.2 Å². The van der Waals surface area contributed by atoms with E-state index in [1.54, 1.807) is 0 Å². The molecule has 0 spiro atoms. The Hall–Kier alpha value is -1.45. The summed E-state index contributed by atoms with van der Waals surface area (Å²) in [5.41, 5.74) is 1.88. The molecule has 12 heavy (non-hydrogen) atoms. The van der Waals surface area contributed by atoms with Crippen LogP contribution in [-0.2, 0) is 4.79 Å². The Kier molecular flexibility index (Phi) is 1.53. The molecule has 0 unspecified atom stereocenters. The minimum atomic E-state index is -0.0897. The fraction of sp³-hybridized carbons (Fsp3) is 0.125. The molecule has 1 amide bonds. The zero-order chi connectivity index (χ0) is 8.55. The third-order valence-electron chi connectivity index (χ3n) is 1.77. The van der Waals surface area contributed by atoms with E-state index < -0.39 is 0 Å². The van der Waals surface area contributed by atoms with Crippen LogP contribution in [0.5, 0.6) is 5.75 Å². The fourth-order valence-electron chi connectivity index (χ4n) is 1.20. The molecule has 1 N–H and O–H groups in total. The lowest BCUT2D eigenvalue weighted by Gasteiger charge is -2.17. The lowest BCUT2D eigenvalue weighted by atomic mass is 9.95. The minimum Gasteiger partial charge on any atom is -0.482 e. The van der Waals surface area contributed by atoms with Crippen molar-refractivity contribution < 1.29 is 9.53 Å². The number of hydrogen-bond acceptors (Lipinski definition) is 2. The van der Waals surface area contributed by atoms with Crippen LogP contribution in [0.2, 0.25) is 0 Å². The summed E-state index contributed by atoms with van der Waals surface area (Å²) in [6, 6.07) is 5.72. The SMILES string of the molecule is Bc1ccc2c(c1)NC(=O)CO2. The van der Waals surface area contributed by atoms with Gasteiger partial charge in [-0.05, 0) is 12.1 Å². The molecule has 1 aliphatic heterocycles. The summed E-state index contributed by atoms with van der Waals surface area (Å²) in [4.78, 5) is 10.9. The summed E-state index contributed by atoms with van der Waals surface area (Å²) >= 11 is 0. The van der Waals surface area contributed by atoms with Crippen molar-refractivity contribution in [2.75, 3.05) is 11.9 Å². The summed E-state index contributed by atoms with van der Waals surface area (Å²) in [6.07, 6.45) is 0. The summed E-state index contributed by atoms with van der Waals surface area (Å²) < 4.78 is 5.18. The Balaban J connectivity index is 2.44. The molecule has 1 aromatic rings. The van der Waals surface area contributed by atoms with E-state index in [9.17, 15) is 4.79 Å². The van der Waals surface area contributed by atoms with Gasteiger partial charge in [0.2, 0.25) is 0 Å². The summed E-state index contributed by atoms with van der Waals surface area (Å²) in [5.74, 6) is 0.660. The first-order valence-electron chi connectivity index (χ1n) is 3.79. The fourth-order valence-corrected chi connectivity index (χ4v) is 1.20. The van der Waals surface area contributed by atoms with Crippen LogP contribution in [0.25, 0.3) is 0 Å². The monoisotopic (exact) mass is 161 g/mol. The van der Waals surface area contributed by atoms with E-state index in [0.29, 0.717) is 0 Å². The molecule has 2 rings (SSSR count). The summed E-state index contributed by atoms with van der Waals surface area (Å²) in [5, 5.41) is 2.74. The molecule has 0 saturated heterocycles. The third kappa shape index (κ3) is 1.16. The molecular weight excluding hydrogens is 153 g/mol. The van der Waals surface area contributed by atoms with Crippen molar-refractivity contribution in [2.24, 2.45) is 0 Å². The molecule has 0 aromatic heterocycles. The maximum atomic E-state index is 10.9. The molecule has 0 aliphatic carbocycles. The van der Waals surface area contributed by atoms with Crippen molar-refractivity contribution in [3.63, 3.8) is 0 Å². The quantitative estimate of drug-likeness (QED) is 0.509. The number of fused-ring (bicyclic) bond motifs is 1. The van der Waals surface area contributed by atoms with Gasteiger partial charge in [0, 0.05) is 0 Å². The number of hydrogen-bond donors (Lipinski definition) is 1. The largest absolute Gasteiger partial charge is 0.482 e. The van der Waals surface area contributed by atoms with Gasteiger partial charge in [-0.3, -0.25) is 4.79 Å². The van der Waals surface area contributed by atoms with Crippen LogP contribution >= 0.6 is 0 Å². The molecule has 1 heterocycles. The molecule has 3 nitrogen and oxygen atoms in total. The maximum Gasteiger partial charge on any atom is 0.262 e. The van der Waals surface area contributed by atoms with Gasteiger partial charge in [0.1, 0.15) is 13.6 Å². The van der Waals surface area contributed by atoms with Crippen LogP contribution in [0.1, 0.15) is 0 Å². The molecule has 0 bridgehead atoms. The topological polar surface area (TPSA) is 38.3 Å². The van der Waals surface area contributed by atoms with Gasteiger partial charge >= 0.3 is 0 Å². The Labute approximate surface area is 71.1 Å². The van der Waals surface area contributed by atoms with Gasteiger partial charge in [-0.2, -0.15) is 0 Å². The first-order chi connectivity index (χ1) is 5.75. The van der Waals surface area contributed by atoms with Crippen LogP contribution in [0, 0.1) is 0 Å². The lowest BCUT2D eigenvalue weighted by molar-refractivity contribution is -0.118. The van der Waals surface area contributed by atoms with E-state index in [4.69, 9.17) is 4.74 Å². The highest BCUT2D eigenvalue weighted by Crippen LogP contribution is 2.25. The number of carbonyl (C=O) groups excluding carboxylic acids is 1. The van der Waals surface area contributed by atoms with Gasteiger partial charge < -0.3 is 10.1 Å². The van der Waals surface area contributed by atoms with Gasteiger partial charge in [-0.15, -0.1) is 0 Å². The normalized spacial score (nSPS) is 14.5. The first kappa shape index (κ1) is 7.22. The van der Waals surface area contributed by atoms with E-state index in [0.717, 1.165) is 16.9 Å². The second-order valence-corrected chi connectivity index (χ2v) is 2.84. The van der Waals surface area contributed by atoms with Crippen molar-refractivity contribution >= 4 is 24.9 Å². The van der Waals surface area contributed by atoms with Crippen LogP contribution in [0.3, 0.4) is 0 Å². The number of rotatable bonds is 0. The minimum absolute atomic E-state index is 0.0897. The lowest BCUT2D eigenvalue weighted by Crippen LogP contribution is -2.26. The molecule has 4 heteroatoms. The highest BCUT2D eigenvalue weighted by Gasteiger charge is 2.14. The van der Waals surface area contributed by atoms with Crippen molar-refractivity contribution in [1.82, 2.24) is 0 Å². The Morgan fingerprint density at radius 1 is 1.50 bits per heavy atom. The zero-order valence-corrected chi connectivity index (χ0v) is 6.76. The molecule has 0 saturated carbocycles. The Morgan fingerprint density at radius 2 is 2.33 bits per heavy atom. The Bertz CT molecular complexity index is 338. The molecule has 0 fully saturated rings. The highest BCUT2D eigenvalue weighted by atomic mass is 16.5. The van der Waals surface area contributed by atoms with E-state index in [1.807, 2.05) is 26.0 Å². The summed E-state index contributed by atoms with van der Waals surface area (Å²) in [7, 11) is 1.97. The van der Waals surface area contributed by atoms with E-state index in [1.165, 1.54) is 0 Å². The predicted octanol–water partition coefficient (Wildman–Crippen LogP) is -0.724. The van der Waals surface area contributed by atoms with Gasteiger partial charge in [-0.25, -0.2) is 0 Å². The molecule has 1 aliphatic rings. The predicted molar refractivity (Wildman–Crippen MR) is 48.7 cm³/mol. The van der Waals surface area contributed by atoms with Crippen LogP contribution < -0.4 is 15.5 Å². The molecule has 0 atom stereocenters. The second-order valence-electron chi connectivity index (χ2n) is 2.84. The zero-order valence-electron chi connectivity index (χ0n) is 6.76. The molecule has 60 valence electrons. The number of amides is 1. The molecular formula is C8H8BNO2. The molecule has 0 radical (unpaired) electrons. The van der Waals surface area contributed by atoms with Crippen LogP contribution in [0.4, 0.5) is 5.69 Å². The van der Waals surface area contributed by atoms with Crippen molar-refractivity contribution in [3.8, 4) is 5.75 Å². The van der Waals surface area contributed by atoms with Gasteiger partial charge in [-0.1, -0.05) is 11.5 Å². The third-order valence-corrected chi connectivity index (χ3v) is 1.77. The number of carbonyl (C=O) groups is 1. The van der Waals surface area contributed by atoms with Crippen molar-refractivity contribution in [1.29, 1.82) is 0 Å². The molecule has 1 aromatic carbocycles. The summed E-state index contributed by atoms with van der Waals surface area (Å²) in [6.45, 7) is 0.121. The maximum absolute atomic E-state index is 10.9.